The number of nitrogens with zero attached hydrogens (tertiary/aromatic N) is 6. The zero-order chi connectivity index (χ0) is 41.4. The number of furan rings is 2. The van der Waals surface area contributed by atoms with Gasteiger partial charge in [0.25, 0.3) is 0 Å². The summed E-state index contributed by atoms with van der Waals surface area (Å²) in [4.78, 5) is 17.2. The molecule has 0 amide bonds. The van der Waals surface area contributed by atoms with E-state index in [4.69, 9.17) is 12.9 Å². The van der Waals surface area contributed by atoms with E-state index in [2.05, 4.69) is 110 Å². The van der Waals surface area contributed by atoms with Gasteiger partial charge in [-0.2, -0.15) is 0 Å². The van der Waals surface area contributed by atoms with Gasteiger partial charge < -0.3 is 28.4 Å². The second-order valence-corrected chi connectivity index (χ2v) is 15.6. The summed E-state index contributed by atoms with van der Waals surface area (Å²) in [6.07, 6.45) is 7.61. The van der Waals surface area contributed by atoms with Gasteiger partial charge in [-0.3, -0.25) is 0 Å². The molecule has 8 heteroatoms. The lowest BCUT2D eigenvalue weighted by molar-refractivity contribution is 0.383. The van der Waals surface area contributed by atoms with Crippen molar-refractivity contribution in [3.63, 3.8) is 0 Å². The van der Waals surface area contributed by atoms with Gasteiger partial charge in [0.1, 0.15) is 12.3 Å². The molecule has 9 rings (SSSR count). The van der Waals surface area contributed by atoms with Crippen LogP contribution in [0.3, 0.4) is 0 Å². The summed E-state index contributed by atoms with van der Waals surface area (Å²) < 4.78 is 35.5. The van der Waals surface area contributed by atoms with Gasteiger partial charge in [0.15, 0.2) is 11.2 Å². The van der Waals surface area contributed by atoms with Crippen molar-refractivity contribution in [1.82, 2.24) is 14.9 Å². The number of anilines is 3. The van der Waals surface area contributed by atoms with Crippen LogP contribution in [0.4, 0.5) is 17.1 Å². The molecule has 290 valence electrons. The van der Waals surface area contributed by atoms with Crippen LogP contribution in [0, 0.1) is 27.7 Å². The summed E-state index contributed by atoms with van der Waals surface area (Å²) >= 11 is 0. The Morgan fingerprint density at radius 2 is 0.982 bits per heavy atom. The number of hydrogen-bond acceptors (Lipinski definition) is 8. The molecule has 8 nitrogen and oxygen atoms in total. The molecule has 2 aliphatic heterocycles. The van der Waals surface area contributed by atoms with Gasteiger partial charge in [-0.15, -0.1) is 0 Å². The number of para-hydroxylation sites is 1. The third-order valence-electron chi connectivity index (χ3n) is 11.1. The van der Waals surface area contributed by atoms with Gasteiger partial charge in [-0.1, -0.05) is 77.6 Å². The molecule has 6 heterocycles. The number of fused-ring (bicyclic) bond motifs is 6. The number of pyridine rings is 2. The molecule has 0 spiro atoms. The molecular formula is C48H56N6O2. The van der Waals surface area contributed by atoms with Crippen LogP contribution in [0.15, 0.2) is 100 Å². The Hall–Kier alpha value is -5.76. The smallest absolute Gasteiger partial charge is 0.227 e. The Labute approximate surface area is 335 Å². The average Bonchev–Trinajstić information content (AvgIpc) is 3.93. The van der Waals surface area contributed by atoms with E-state index in [9.17, 15) is 0 Å². The molecule has 4 aromatic heterocycles. The summed E-state index contributed by atoms with van der Waals surface area (Å²) in [5.41, 5.74) is 13.1. The molecule has 0 saturated heterocycles. The summed E-state index contributed by atoms with van der Waals surface area (Å²) in [6, 6.07) is 23.3. The lowest BCUT2D eigenvalue weighted by Crippen LogP contribution is -2.37. The van der Waals surface area contributed by atoms with Crippen LogP contribution in [0.1, 0.15) is 98.6 Å². The van der Waals surface area contributed by atoms with Gasteiger partial charge in [0.05, 0.1) is 11.4 Å². The molecule has 56 heavy (non-hydrogen) atoms. The fraction of sp³-hybridized carbons (Fsp3) is 0.333. The third-order valence-corrected chi connectivity index (χ3v) is 11.1. The van der Waals surface area contributed by atoms with Crippen LogP contribution < -0.4 is 14.7 Å². The van der Waals surface area contributed by atoms with E-state index in [1.807, 2.05) is 62.9 Å². The van der Waals surface area contributed by atoms with Crippen LogP contribution in [0.25, 0.3) is 44.1 Å². The van der Waals surface area contributed by atoms with Crippen LogP contribution in [0.2, 0.25) is 0 Å². The van der Waals surface area contributed by atoms with E-state index in [0.29, 0.717) is 23.3 Å². The normalized spacial score (nSPS) is 17.8. The lowest BCUT2D eigenvalue weighted by Gasteiger charge is -2.34. The molecule has 0 saturated carbocycles. The maximum Gasteiger partial charge on any atom is 0.227 e. The van der Waals surface area contributed by atoms with Gasteiger partial charge in [-0.25, -0.2) is 9.97 Å². The minimum Gasteiger partial charge on any atom is -0.435 e. The van der Waals surface area contributed by atoms with Gasteiger partial charge >= 0.3 is 0 Å². The van der Waals surface area contributed by atoms with E-state index in [1.54, 1.807) is 12.4 Å². The van der Waals surface area contributed by atoms with Gasteiger partial charge in [0, 0.05) is 74.5 Å². The van der Waals surface area contributed by atoms with Crippen molar-refractivity contribution in [3.05, 3.63) is 125 Å². The lowest BCUT2D eigenvalue weighted by atomic mass is 9.92. The molecule has 7 aromatic rings. The van der Waals surface area contributed by atoms with E-state index in [0.717, 1.165) is 61.0 Å². The van der Waals surface area contributed by atoms with Crippen molar-refractivity contribution in [2.45, 2.75) is 101 Å². The first-order valence-corrected chi connectivity index (χ1v) is 19.3. The third kappa shape index (κ3) is 6.35. The molecule has 0 N–H and O–H groups in total. The van der Waals surface area contributed by atoms with Crippen molar-refractivity contribution in [3.8, 4) is 0 Å². The number of benzene rings is 3. The highest BCUT2D eigenvalue weighted by Gasteiger charge is 2.32. The molecule has 0 fully saturated rings. The largest absolute Gasteiger partial charge is 0.435 e. The van der Waals surface area contributed by atoms with Crippen molar-refractivity contribution in [1.29, 1.82) is 0 Å². The Balaban J connectivity index is 0.000000183. The number of hydrogen-bond donors (Lipinski definition) is 0. The molecule has 0 unspecified atom stereocenters. The van der Waals surface area contributed by atoms with E-state index >= 15 is 0 Å². The minimum absolute atomic E-state index is 0. The predicted molar refractivity (Wildman–Crippen MR) is 236 cm³/mol. The number of aromatic nitrogens is 2. The highest BCUT2D eigenvalue weighted by atomic mass is 16.3. The molecule has 3 aromatic carbocycles. The van der Waals surface area contributed by atoms with Gasteiger partial charge in [0.2, 0.25) is 11.4 Å². The molecule has 2 aliphatic rings. The Morgan fingerprint density at radius 1 is 0.554 bits per heavy atom. The summed E-state index contributed by atoms with van der Waals surface area (Å²) in [5.74, 6) is 0.895. The van der Waals surface area contributed by atoms with Crippen LogP contribution in [-0.2, 0) is 0 Å². The van der Waals surface area contributed by atoms with Crippen molar-refractivity contribution in [2.24, 2.45) is 0 Å². The van der Waals surface area contributed by atoms with Crippen LogP contribution in [-0.4, -0.2) is 34.2 Å². The predicted octanol–water partition coefficient (Wildman–Crippen LogP) is 12.8. The first-order chi connectivity index (χ1) is 27.5. The first kappa shape index (κ1) is 34.7. The standard InChI is InChI=1S/C29H33N3O.C18H19N3O.CH4/c1-17(2)22-9-8-10-23(18(3)4)27(22)32-16-15-31(21(32)7)26-19(5)11-13-24-25-14-12-20(6)30-29(25)33-28(24)26;1-11-5-7-14-15-8-6-12(2)19-18(15)22-17(14)16(11)21-10-9-20(4)13(21)3;/h8-18,21H,1-7H3;5-10,13H,1-4H3;1H4/t21-;13-;/m10./s1/i;4D3;. The fourth-order valence-corrected chi connectivity index (χ4v) is 8.08. The van der Waals surface area contributed by atoms with Crippen LogP contribution >= 0.6 is 0 Å². The fourth-order valence-electron chi connectivity index (χ4n) is 8.08. The Kier molecular flexibility index (Phi) is 9.12. The summed E-state index contributed by atoms with van der Waals surface area (Å²) in [7, 11) is 0. The number of aryl methyl sites for hydroxylation is 4. The SMILES string of the molecule is C.Cc1ccc2c(n1)oc1c(N3C=CN(c4c(C(C)C)cccc4C(C)C)[C@@H]3C)c(C)ccc12.[2H]C([2H])([2H])N1C=CN(c2c(C)ccc3c2oc2nc(C)ccc23)[C@H]1C. The van der Waals surface area contributed by atoms with Gasteiger partial charge in [-0.05, 0) is 99.9 Å². The van der Waals surface area contributed by atoms with E-state index in [1.165, 1.54) is 27.3 Å². The number of rotatable bonds is 5. The molecule has 0 bridgehead atoms. The minimum atomic E-state index is -2.18. The Bertz CT molecular complexity index is 2740. The average molecular weight is 752 g/mol. The maximum atomic E-state index is 7.69. The highest BCUT2D eigenvalue weighted by Crippen LogP contribution is 2.44. The summed E-state index contributed by atoms with van der Waals surface area (Å²) in [5, 5.41) is 4.13. The van der Waals surface area contributed by atoms with Crippen molar-refractivity contribution in [2.75, 3.05) is 21.7 Å². The van der Waals surface area contributed by atoms with Crippen LogP contribution in [0.5, 0.6) is 0 Å². The second kappa shape index (κ2) is 14.7. The second-order valence-electron chi connectivity index (χ2n) is 15.6. The first-order valence-electron chi connectivity index (χ1n) is 20.8. The van der Waals surface area contributed by atoms with E-state index < -0.39 is 6.98 Å². The Morgan fingerprint density at radius 3 is 1.43 bits per heavy atom. The van der Waals surface area contributed by atoms with Crippen molar-refractivity contribution >= 4 is 61.2 Å². The molecule has 0 radical (unpaired) electrons. The zero-order valence-corrected chi connectivity index (χ0v) is 33.5. The summed E-state index contributed by atoms with van der Waals surface area (Å²) in [6.45, 7) is 19.2. The van der Waals surface area contributed by atoms with Crippen molar-refractivity contribution < 1.29 is 12.9 Å². The maximum absolute atomic E-state index is 7.69. The molecular weight excluding hydrogens is 693 g/mol. The monoisotopic (exact) mass is 751 g/mol. The zero-order valence-electron chi connectivity index (χ0n) is 36.5. The quantitative estimate of drug-likeness (QED) is 0.172. The van der Waals surface area contributed by atoms with E-state index in [-0.39, 0.29) is 19.8 Å². The highest BCUT2D eigenvalue weighted by molar-refractivity contribution is 6.10. The molecule has 0 aliphatic carbocycles. The molecule has 2 atom stereocenters. The topological polar surface area (TPSA) is 65.0 Å².